The van der Waals surface area contributed by atoms with Crippen LogP contribution >= 0.6 is 0 Å². The van der Waals surface area contributed by atoms with E-state index in [-0.39, 0.29) is 58.9 Å². The number of nitrogens with zero attached hydrogens (tertiary/aromatic N) is 1. The summed E-state index contributed by atoms with van der Waals surface area (Å²) >= 11 is 0. The average Bonchev–Trinajstić information content (AvgIpc) is 2.12. The third-order valence-corrected chi connectivity index (χ3v) is 1.83. The maximum Gasteiger partial charge on any atom is 0.0709 e. The van der Waals surface area contributed by atoms with E-state index >= 15 is 0 Å². The van der Waals surface area contributed by atoms with Gasteiger partial charge in [-0.2, -0.15) is 0 Å². The molecule has 0 fully saturated rings. The van der Waals surface area contributed by atoms with Crippen molar-refractivity contribution >= 4 is 10.9 Å². The second kappa shape index (κ2) is 5.95. The number of aromatic nitrogens is 1. The van der Waals surface area contributed by atoms with Crippen LogP contribution in [0.15, 0.2) is 29.1 Å². The Morgan fingerprint density at radius 3 is 2.64 bits per heavy atom. The predicted octanol–water partition coefficient (Wildman–Crippen LogP) is 1.26. The number of benzene rings is 1. The maximum atomic E-state index is 11.5. The van der Waals surface area contributed by atoms with Gasteiger partial charge in [-0.1, -0.05) is 25.1 Å². The number of hydrogen-bond donors (Lipinski definition) is 0. The summed E-state index contributed by atoms with van der Waals surface area (Å²) < 4.78 is 0. The standard InChI is InChI=1S/C10H7NO.Ta.U/c1-7-6-11-9-5-3-2-4-8(9)10(7)12;;/h2-5H,1H3;;/q-2;;. The fourth-order valence-electron chi connectivity index (χ4n) is 1.16. The summed E-state index contributed by atoms with van der Waals surface area (Å²) in [5, 5.41) is 0.675. The molecular formula is C10H7NOTaU-2. The van der Waals surface area contributed by atoms with Gasteiger partial charge in [0.25, 0.3) is 0 Å². The van der Waals surface area contributed by atoms with Crippen molar-refractivity contribution in [1.29, 1.82) is 0 Å². The molecule has 2 nitrogen and oxygen atoms in total. The first-order valence-corrected chi connectivity index (χ1v) is 3.73. The minimum Gasteiger partial charge on any atom is -0.783 e. The van der Waals surface area contributed by atoms with E-state index in [9.17, 15) is 4.79 Å². The van der Waals surface area contributed by atoms with Gasteiger partial charge in [0.1, 0.15) is 0 Å². The molecule has 0 bridgehead atoms. The van der Waals surface area contributed by atoms with Crippen molar-refractivity contribution in [3.8, 4) is 0 Å². The smallest absolute Gasteiger partial charge is 0.0709 e. The molecule has 0 aliphatic heterocycles. The van der Waals surface area contributed by atoms with Crippen molar-refractivity contribution in [2.24, 2.45) is 0 Å². The van der Waals surface area contributed by atoms with E-state index in [0.717, 1.165) is 0 Å². The number of para-hydroxylation sites is 1. The minimum absolute atomic E-state index is 0. The number of pyridine rings is 1. The number of hydrogen-bond acceptors (Lipinski definition) is 1. The van der Waals surface area contributed by atoms with E-state index < -0.39 is 0 Å². The molecule has 0 N–H and O–H groups in total. The van der Waals surface area contributed by atoms with Crippen molar-refractivity contribution in [3.05, 3.63) is 46.2 Å². The molecule has 2 rings (SSSR count). The van der Waals surface area contributed by atoms with Crippen LogP contribution in [0.1, 0.15) is 5.56 Å². The minimum atomic E-state index is 0. The summed E-state index contributed by atoms with van der Waals surface area (Å²) in [6.45, 7) is 1.72. The van der Waals surface area contributed by atoms with E-state index in [1.165, 1.54) is 0 Å². The predicted molar refractivity (Wildman–Crippen MR) is 47.1 cm³/mol. The zero-order valence-corrected chi connectivity index (χ0v) is 15.0. The Bertz CT molecular complexity index is 481. The van der Waals surface area contributed by atoms with Gasteiger partial charge < -0.3 is 16.0 Å². The first-order valence-electron chi connectivity index (χ1n) is 3.73. The van der Waals surface area contributed by atoms with Gasteiger partial charge in [-0.25, -0.2) is 5.52 Å². The molecule has 1 heterocycles. The van der Waals surface area contributed by atoms with Crippen LogP contribution in [0.5, 0.6) is 0 Å². The fraction of sp³-hybridized carbons (Fsp3) is 0.100. The Morgan fingerprint density at radius 1 is 1.29 bits per heavy atom. The summed E-state index contributed by atoms with van der Waals surface area (Å²) in [6, 6.07) is 7.29. The van der Waals surface area contributed by atoms with Gasteiger partial charge in [0.2, 0.25) is 0 Å². The second-order valence-electron chi connectivity index (χ2n) is 2.69. The van der Waals surface area contributed by atoms with Gasteiger partial charge in [-0.3, -0.25) is 0 Å². The summed E-state index contributed by atoms with van der Waals surface area (Å²) in [7, 11) is 0. The molecule has 1 aromatic carbocycles. The van der Waals surface area contributed by atoms with Crippen molar-refractivity contribution in [2.45, 2.75) is 6.92 Å². The monoisotopic (exact) mass is 576 g/mol. The van der Waals surface area contributed by atoms with Gasteiger partial charge in [0.15, 0.2) is 0 Å². The summed E-state index contributed by atoms with van der Waals surface area (Å²) in [6.07, 6.45) is 2.68. The van der Waals surface area contributed by atoms with Gasteiger partial charge >= 0.3 is 0 Å². The van der Waals surface area contributed by atoms with Crippen molar-refractivity contribution in [1.82, 2.24) is 4.98 Å². The van der Waals surface area contributed by atoms with Crippen LogP contribution in [0, 0.1) is 44.2 Å². The molecule has 0 saturated heterocycles. The first kappa shape index (κ1) is 14.2. The molecule has 4 heteroatoms. The van der Waals surface area contributed by atoms with Crippen LogP contribution in [0.2, 0.25) is 0 Å². The molecule has 0 saturated carbocycles. The molecule has 0 atom stereocenters. The Balaban J connectivity index is 0.000000845. The SMILES string of the molecule is Cc1[c-][n-]c2ccccc2c1=O.[Ta].[U]. The molecule has 1 radical (unpaired) electrons. The van der Waals surface area contributed by atoms with Crippen LogP contribution in [-0.4, -0.2) is 0 Å². The van der Waals surface area contributed by atoms with Crippen LogP contribution in [0.4, 0.5) is 0 Å². The average molecular weight is 576 g/mol. The maximum absolute atomic E-state index is 11.5. The number of rotatable bonds is 0. The van der Waals surface area contributed by atoms with Crippen molar-refractivity contribution in [3.63, 3.8) is 0 Å². The van der Waals surface area contributed by atoms with E-state index in [0.29, 0.717) is 16.5 Å². The van der Waals surface area contributed by atoms with Crippen LogP contribution in [0.25, 0.3) is 10.9 Å². The molecule has 0 unspecified atom stereocenters. The Labute approximate surface area is 121 Å². The van der Waals surface area contributed by atoms with Crippen LogP contribution < -0.4 is 10.4 Å². The molecule has 69 valence electrons. The third kappa shape index (κ3) is 2.62. The van der Waals surface area contributed by atoms with Crippen LogP contribution in [-0.2, 0) is 22.4 Å². The number of aryl methyl sites for hydroxylation is 1. The quantitative estimate of drug-likeness (QED) is 0.443. The largest absolute Gasteiger partial charge is 0.783 e. The zero-order valence-electron chi connectivity index (χ0n) is 7.61. The van der Waals surface area contributed by atoms with Crippen molar-refractivity contribution in [2.75, 3.05) is 0 Å². The third-order valence-electron chi connectivity index (χ3n) is 1.83. The molecule has 0 spiro atoms. The zero-order chi connectivity index (χ0) is 8.55. The Hall–Kier alpha value is 0.222. The number of fused-ring (bicyclic) bond motifs is 1. The summed E-state index contributed by atoms with van der Waals surface area (Å²) in [5.74, 6) is 0. The molecule has 2 aromatic rings. The Kier molecular flexibility index (Phi) is 6.04. The van der Waals surface area contributed by atoms with E-state index in [2.05, 4.69) is 11.2 Å². The molecular weight excluding hydrogens is 569 g/mol. The summed E-state index contributed by atoms with van der Waals surface area (Å²) in [4.78, 5) is 15.5. The molecule has 0 amide bonds. The van der Waals surface area contributed by atoms with Gasteiger partial charge in [-0.05, 0) is 0 Å². The molecule has 14 heavy (non-hydrogen) atoms. The molecule has 1 aromatic heterocycles. The van der Waals surface area contributed by atoms with E-state index in [1.54, 1.807) is 13.0 Å². The van der Waals surface area contributed by atoms with E-state index in [1.807, 2.05) is 18.2 Å². The first-order chi connectivity index (χ1) is 5.79. The Morgan fingerprint density at radius 2 is 1.93 bits per heavy atom. The van der Waals surface area contributed by atoms with Crippen molar-refractivity contribution < 1.29 is 53.5 Å². The molecule has 0 aliphatic rings. The van der Waals surface area contributed by atoms with Gasteiger partial charge in [0.05, 0.1) is 5.43 Å². The second-order valence-corrected chi connectivity index (χ2v) is 2.69. The molecule has 0 aliphatic carbocycles. The summed E-state index contributed by atoms with van der Waals surface area (Å²) in [5.41, 5.74) is 1.32. The topological polar surface area (TPSA) is 31.2 Å². The van der Waals surface area contributed by atoms with Gasteiger partial charge in [-0.15, -0.1) is 17.0 Å². The van der Waals surface area contributed by atoms with E-state index in [4.69, 9.17) is 0 Å². The van der Waals surface area contributed by atoms with Crippen LogP contribution in [0.3, 0.4) is 0 Å². The fourth-order valence-corrected chi connectivity index (χ4v) is 1.16. The normalized spacial score (nSPS) is 8.93. The van der Waals surface area contributed by atoms with Gasteiger partial charge in [0, 0.05) is 53.5 Å².